The third-order valence-corrected chi connectivity index (χ3v) is 3.96. The van der Waals surface area contributed by atoms with Gasteiger partial charge in [-0.2, -0.15) is 0 Å². The maximum absolute atomic E-state index is 12.3. The Morgan fingerprint density at radius 2 is 1.95 bits per heavy atom. The fraction of sp³-hybridized carbons (Fsp3) is 0.235. The summed E-state index contributed by atoms with van der Waals surface area (Å²) in [6.45, 7) is 1.17. The van der Waals surface area contributed by atoms with Crippen LogP contribution in [0.4, 0.5) is 0 Å². The number of hydrogen-bond acceptors (Lipinski definition) is 2. The molecule has 0 aromatic heterocycles. The first-order chi connectivity index (χ1) is 10.6. The van der Waals surface area contributed by atoms with Crippen LogP contribution in [0.15, 0.2) is 53.0 Å². The lowest BCUT2D eigenvalue weighted by Crippen LogP contribution is -2.28. The van der Waals surface area contributed by atoms with Gasteiger partial charge in [0.05, 0.1) is 17.2 Å². The topological polar surface area (TPSA) is 29.5 Å². The third kappa shape index (κ3) is 4.75. The average molecular weight is 383 g/mol. The molecule has 0 atom stereocenters. The van der Waals surface area contributed by atoms with E-state index in [-0.39, 0.29) is 5.91 Å². The van der Waals surface area contributed by atoms with Crippen LogP contribution in [0.25, 0.3) is 0 Å². The predicted molar refractivity (Wildman–Crippen MR) is 92.7 cm³/mol. The lowest BCUT2D eigenvalue weighted by Gasteiger charge is -2.18. The van der Waals surface area contributed by atoms with E-state index in [1.807, 2.05) is 36.4 Å². The molecule has 2 aromatic rings. The lowest BCUT2D eigenvalue weighted by atomic mass is 10.2. The molecule has 2 aromatic carbocycles. The Morgan fingerprint density at radius 3 is 2.64 bits per heavy atom. The number of amides is 1. The Hall–Kier alpha value is -1.52. The van der Waals surface area contributed by atoms with E-state index in [1.165, 1.54) is 0 Å². The number of para-hydroxylation sites is 1. The van der Waals surface area contributed by atoms with Crippen LogP contribution in [0.1, 0.15) is 16.8 Å². The summed E-state index contributed by atoms with van der Waals surface area (Å²) in [5.74, 6) is 0.754. The first kappa shape index (κ1) is 16.8. The van der Waals surface area contributed by atoms with Crippen molar-refractivity contribution in [3.05, 3.63) is 63.6 Å². The van der Waals surface area contributed by atoms with Gasteiger partial charge in [0.2, 0.25) is 0 Å². The second-order valence-corrected chi connectivity index (χ2v) is 6.19. The van der Waals surface area contributed by atoms with Crippen molar-refractivity contribution in [2.45, 2.75) is 6.42 Å². The maximum Gasteiger partial charge on any atom is 0.255 e. The molecule has 0 N–H and O–H groups in total. The fourth-order valence-corrected chi connectivity index (χ4v) is 2.73. The molecule has 1 amide bonds. The molecule has 0 aliphatic heterocycles. The van der Waals surface area contributed by atoms with Gasteiger partial charge in [0.25, 0.3) is 5.91 Å². The molecule has 116 valence electrons. The van der Waals surface area contributed by atoms with Gasteiger partial charge in [0.1, 0.15) is 5.75 Å². The number of benzene rings is 2. The van der Waals surface area contributed by atoms with E-state index in [4.69, 9.17) is 16.3 Å². The van der Waals surface area contributed by atoms with Gasteiger partial charge in [-0.15, -0.1) is 0 Å². The molecule has 0 radical (unpaired) electrons. The van der Waals surface area contributed by atoms with Crippen LogP contribution in [-0.4, -0.2) is 31.0 Å². The summed E-state index contributed by atoms with van der Waals surface area (Å²) in [5.41, 5.74) is 0.511. The molecule has 0 bridgehead atoms. The number of halogens is 2. The van der Waals surface area contributed by atoms with Crippen LogP contribution in [0.5, 0.6) is 5.75 Å². The summed E-state index contributed by atoms with van der Waals surface area (Å²) in [5, 5.41) is 0.451. The first-order valence-corrected chi connectivity index (χ1v) is 8.13. The van der Waals surface area contributed by atoms with Gasteiger partial charge in [-0.1, -0.05) is 45.7 Å². The van der Waals surface area contributed by atoms with E-state index in [0.29, 0.717) is 23.7 Å². The van der Waals surface area contributed by atoms with Crippen molar-refractivity contribution in [3.63, 3.8) is 0 Å². The molecule has 5 heteroatoms. The summed E-state index contributed by atoms with van der Waals surface area (Å²) >= 11 is 9.44. The van der Waals surface area contributed by atoms with Gasteiger partial charge in [-0.25, -0.2) is 0 Å². The van der Waals surface area contributed by atoms with Crippen LogP contribution in [0, 0.1) is 0 Å². The lowest BCUT2D eigenvalue weighted by molar-refractivity contribution is 0.0788. The van der Waals surface area contributed by atoms with Crippen LogP contribution in [0.3, 0.4) is 0 Å². The molecular formula is C17H17BrClNO2. The Labute approximate surface area is 144 Å². The Balaban J connectivity index is 1.81. The molecule has 0 saturated heterocycles. The molecule has 0 aliphatic carbocycles. The summed E-state index contributed by atoms with van der Waals surface area (Å²) in [4.78, 5) is 14.0. The molecule has 0 spiro atoms. The van der Waals surface area contributed by atoms with Gasteiger partial charge >= 0.3 is 0 Å². The smallest absolute Gasteiger partial charge is 0.255 e. The van der Waals surface area contributed by atoms with Crippen molar-refractivity contribution in [2.75, 3.05) is 20.2 Å². The fourth-order valence-electron chi connectivity index (χ4n) is 1.98. The van der Waals surface area contributed by atoms with E-state index >= 15 is 0 Å². The highest BCUT2D eigenvalue weighted by Gasteiger charge is 2.14. The molecular weight excluding hydrogens is 366 g/mol. The molecule has 3 nitrogen and oxygen atoms in total. The van der Waals surface area contributed by atoms with E-state index in [1.54, 1.807) is 24.1 Å². The van der Waals surface area contributed by atoms with Crippen LogP contribution < -0.4 is 4.74 Å². The summed E-state index contributed by atoms with van der Waals surface area (Å²) < 4.78 is 6.47. The average Bonchev–Trinajstić information content (AvgIpc) is 2.52. The number of nitrogens with zero attached hydrogens (tertiary/aromatic N) is 1. The van der Waals surface area contributed by atoms with Gasteiger partial charge in [0.15, 0.2) is 0 Å². The van der Waals surface area contributed by atoms with E-state index in [9.17, 15) is 4.79 Å². The predicted octanol–water partition coefficient (Wildman–Crippen LogP) is 4.64. The molecule has 0 unspecified atom stereocenters. The van der Waals surface area contributed by atoms with Crippen molar-refractivity contribution in [3.8, 4) is 5.75 Å². The maximum atomic E-state index is 12.3. The van der Waals surface area contributed by atoms with E-state index in [0.717, 1.165) is 16.6 Å². The number of rotatable bonds is 6. The second kappa shape index (κ2) is 8.20. The standard InChI is InChI=1S/C17H17BrClNO2/c1-20(10-5-11-22-14-6-3-2-4-7-14)17(21)15-9-8-13(18)12-16(15)19/h2-4,6-9,12H,5,10-11H2,1H3. The molecule has 0 saturated carbocycles. The summed E-state index contributed by atoms with van der Waals surface area (Å²) in [7, 11) is 1.77. The Bertz CT molecular complexity index is 634. The van der Waals surface area contributed by atoms with Gasteiger partial charge < -0.3 is 9.64 Å². The molecule has 0 heterocycles. The molecule has 2 rings (SSSR count). The minimum absolute atomic E-state index is 0.0859. The minimum Gasteiger partial charge on any atom is -0.494 e. The zero-order chi connectivity index (χ0) is 15.9. The van der Waals surface area contributed by atoms with Gasteiger partial charge in [-0.05, 0) is 36.8 Å². The zero-order valence-electron chi connectivity index (χ0n) is 12.3. The van der Waals surface area contributed by atoms with Crippen molar-refractivity contribution in [1.82, 2.24) is 4.90 Å². The van der Waals surface area contributed by atoms with Crippen molar-refractivity contribution < 1.29 is 9.53 Å². The van der Waals surface area contributed by atoms with Crippen molar-refractivity contribution >= 4 is 33.4 Å². The Kier molecular flexibility index (Phi) is 6.28. The molecule has 0 fully saturated rings. The first-order valence-electron chi connectivity index (χ1n) is 6.96. The van der Waals surface area contributed by atoms with Crippen LogP contribution in [0.2, 0.25) is 5.02 Å². The Morgan fingerprint density at radius 1 is 1.23 bits per heavy atom. The van der Waals surface area contributed by atoms with Crippen LogP contribution in [-0.2, 0) is 0 Å². The number of carbonyl (C=O) groups excluding carboxylic acids is 1. The highest BCUT2D eigenvalue weighted by molar-refractivity contribution is 9.10. The van der Waals surface area contributed by atoms with Crippen molar-refractivity contribution in [1.29, 1.82) is 0 Å². The monoisotopic (exact) mass is 381 g/mol. The summed E-state index contributed by atoms with van der Waals surface area (Å²) in [6, 6.07) is 14.9. The SMILES string of the molecule is CN(CCCOc1ccccc1)C(=O)c1ccc(Br)cc1Cl. The van der Waals surface area contributed by atoms with E-state index < -0.39 is 0 Å². The number of hydrogen-bond donors (Lipinski definition) is 0. The number of carbonyl (C=O) groups is 1. The number of ether oxygens (including phenoxy) is 1. The van der Waals surface area contributed by atoms with Gasteiger partial charge in [0, 0.05) is 18.1 Å². The third-order valence-electron chi connectivity index (χ3n) is 3.16. The van der Waals surface area contributed by atoms with Crippen LogP contribution >= 0.6 is 27.5 Å². The summed E-state index contributed by atoms with van der Waals surface area (Å²) in [6.07, 6.45) is 0.755. The van der Waals surface area contributed by atoms with E-state index in [2.05, 4.69) is 15.9 Å². The largest absolute Gasteiger partial charge is 0.494 e. The molecule has 0 aliphatic rings. The highest BCUT2D eigenvalue weighted by atomic mass is 79.9. The van der Waals surface area contributed by atoms with Crippen molar-refractivity contribution in [2.24, 2.45) is 0 Å². The quantitative estimate of drug-likeness (QED) is 0.681. The van der Waals surface area contributed by atoms with Gasteiger partial charge in [-0.3, -0.25) is 4.79 Å². The zero-order valence-corrected chi connectivity index (χ0v) is 14.6. The normalized spacial score (nSPS) is 10.3. The minimum atomic E-state index is -0.0859. The second-order valence-electron chi connectivity index (χ2n) is 4.87. The highest BCUT2D eigenvalue weighted by Crippen LogP contribution is 2.22. The molecule has 22 heavy (non-hydrogen) atoms.